The molecule has 2 aromatic carbocycles. The van der Waals surface area contributed by atoms with Gasteiger partial charge in [-0.3, -0.25) is 4.79 Å². The zero-order chi connectivity index (χ0) is 25.2. The molecular weight excluding hydrogens is 468 g/mol. The van der Waals surface area contributed by atoms with Crippen molar-refractivity contribution in [3.05, 3.63) is 65.1 Å². The summed E-state index contributed by atoms with van der Waals surface area (Å²) < 4.78 is 45.1. The number of amides is 1. The molecule has 1 atom stereocenters. The van der Waals surface area contributed by atoms with Crippen molar-refractivity contribution in [2.24, 2.45) is 17.6 Å². The van der Waals surface area contributed by atoms with E-state index in [1.807, 2.05) is 6.07 Å². The smallest absolute Gasteiger partial charge is 0.273 e. The number of carbonyl (C=O) groups excluding carboxylic acids is 1. The van der Waals surface area contributed by atoms with Gasteiger partial charge in [-0.2, -0.15) is 0 Å². The molecule has 9 heteroatoms. The summed E-state index contributed by atoms with van der Waals surface area (Å²) in [5.41, 5.74) is 6.82. The Bertz CT molecular complexity index is 1250. The fourth-order valence-corrected chi connectivity index (χ4v) is 3.71. The normalized spacial score (nSPS) is 16.0. The zero-order valence-electron chi connectivity index (χ0n) is 20.1. The zero-order valence-corrected chi connectivity index (χ0v) is 20.1. The molecule has 3 N–H and O–H groups in total. The number of benzene rings is 2. The lowest BCUT2D eigenvalue weighted by Crippen LogP contribution is -2.25. The Labute approximate surface area is 208 Å². The van der Waals surface area contributed by atoms with Gasteiger partial charge in [0.05, 0.1) is 19.3 Å². The first-order chi connectivity index (χ1) is 17.4. The van der Waals surface area contributed by atoms with Gasteiger partial charge in [-0.15, -0.1) is 0 Å². The molecule has 0 spiro atoms. The first kappa shape index (κ1) is 24.2. The van der Waals surface area contributed by atoms with Crippen molar-refractivity contribution in [1.82, 2.24) is 10.3 Å². The molecular formula is C27H29F2N3O4. The van der Waals surface area contributed by atoms with Crippen molar-refractivity contribution in [3.8, 4) is 23.0 Å². The predicted molar refractivity (Wildman–Crippen MR) is 129 cm³/mol. The topological polar surface area (TPSA) is 99.6 Å². The summed E-state index contributed by atoms with van der Waals surface area (Å²) in [6.45, 7) is 2.82. The number of hydrogen-bond acceptors (Lipinski definition) is 6. The van der Waals surface area contributed by atoms with Crippen LogP contribution in [0.2, 0.25) is 0 Å². The molecule has 1 heterocycles. The van der Waals surface area contributed by atoms with E-state index in [1.54, 1.807) is 19.1 Å². The van der Waals surface area contributed by atoms with Gasteiger partial charge >= 0.3 is 0 Å². The number of nitrogens with two attached hydrogens (primary N) is 1. The molecule has 0 aliphatic heterocycles. The number of halogens is 2. The van der Waals surface area contributed by atoms with Crippen molar-refractivity contribution in [2.75, 3.05) is 13.2 Å². The van der Waals surface area contributed by atoms with E-state index < -0.39 is 23.6 Å². The first-order valence-electron chi connectivity index (χ1n) is 12.3. The number of oxazole rings is 1. The number of hydrogen-bond donors (Lipinski definition) is 2. The van der Waals surface area contributed by atoms with E-state index in [4.69, 9.17) is 19.6 Å². The van der Waals surface area contributed by atoms with Crippen molar-refractivity contribution in [1.29, 1.82) is 0 Å². The highest BCUT2D eigenvalue weighted by Gasteiger charge is 2.27. The van der Waals surface area contributed by atoms with Gasteiger partial charge < -0.3 is 24.9 Å². The number of aromatic nitrogens is 1. The molecule has 2 saturated carbocycles. The Kier molecular flexibility index (Phi) is 6.91. The third-order valence-corrected chi connectivity index (χ3v) is 6.27. The molecule has 1 amide bonds. The fourth-order valence-electron chi connectivity index (χ4n) is 3.71. The van der Waals surface area contributed by atoms with Crippen LogP contribution in [0.15, 0.2) is 40.8 Å². The SMILES string of the molecule is CC(N)c1oc(-c2ccc(OCC3CC3)c(OCC3CC3)c2)nc1C(=O)NCc1ccc(F)cc1F. The standard InChI is InChI=1S/C27H29F2N3O4/c1-15(30)25-24(26(33)31-12-19-6-8-20(28)11-21(19)29)32-27(36-25)18-7-9-22(34-13-16-2-3-16)23(10-18)35-14-17-4-5-17/h6-11,15-17H,2-5,12-14,30H2,1H3,(H,31,33). The van der Waals surface area contributed by atoms with Crippen molar-refractivity contribution in [3.63, 3.8) is 0 Å². The number of carbonyl (C=O) groups is 1. The maximum Gasteiger partial charge on any atom is 0.273 e. The highest BCUT2D eigenvalue weighted by molar-refractivity contribution is 5.94. The number of ether oxygens (including phenoxy) is 2. The van der Waals surface area contributed by atoms with Gasteiger partial charge in [0, 0.05) is 23.7 Å². The second-order valence-electron chi connectivity index (χ2n) is 9.61. The predicted octanol–water partition coefficient (Wildman–Crippen LogP) is 5.15. The lowest BCUT2D eigenvalue weighted by Gasteiger charge is -2.13. The van der Waals surface area contributed by atoms with E-state index in [1.165, 1.54) is 18.9 Å². The molecule has 1 aromatic heterocycles. The summed E-state index contributed by atoms with van der Waals surface area (Å²) in [5.74, 6) is 0.864. The number of rotatable bonds is 11. The number of nitrogens with one attached hydrogen (secondary N) is 1. The summed E-state index contributed by atoms with van der Waals surface area (Å²) in [4.78, 5) is 17.3. The van der Waals surface area contributed by atoms with Crippen molar-refractivity contribution in [2.45, 2.75) is 45.2 Å². The Morgan fingerprint density at radius 2 is 1.78 bits per heavy atom. The van der Waals surface area contributed by atoms with E-state index in [2.05, 4.69) is 10.3 Å². The van der Waals surface area contributed by atoms with Gasteiger partial charge in [0.2, 0.25) is 5.89 Å². The average molecular weight is 498 g/mol. The van der Waals surface area contributed by atoms with Crippen LogP contribution in [0.3, 0.4) is 0 Å². The summed E-state index contributed by atoms with van der Waals surface area (Å²) in [6.07, 6.45) is 4.70. The van der Waals surface area contributed by atoms with Crippen LogP contribution in [0.5, 0.6) is 11.5 Å². The molecule has 0 bridgehead atoms. The maximum absolute atomic E-state index is 14.0. The van der Waals surface area contributed by atoms with Crippen LogP contribution < -0.4 is 20.5 Å². The monoisotopic (exact) mass is 497 g/mol. The summed E-state index contributed by atoms with van der Waals surface area (Å²) >= 11 is 0. The van der Waals surface area contributed by atoms with Crippen molar-refractivity contribution >= 4 is 5.91 Å². The Balaban J connectivity index is 1.36. The summed E-state index contributed by atoms with van der Waals surface area (Å²) in [7, 11) is 0. The van der Waals surface area contributed by atoms with Crippen molar-refractivity contribution < 1.29 is 27.5 Å². The highest BCUT2D eigenvalue weighted by Crippen LogP contribution is 2.38. The van der Waals surface area contributed by atoms with E-state index >= 15 is 0 Å². The van der Waals surface area contributed by atoms with E-state index in [0.717, 1.165) is 25.0 Å². The summed E-state index contributed by atoms with van der Waals surface area (Å²) in [5, 5.41) is 2.60. The van der Waals surface area contributed by atoms with Gasteiger partial charge in [-0.1, -0.05) is 6.07 Å². The largest absolute Gasteiger partial charge is 0.489 e. The highest BCUT2D eigenvalue weighted by atomic mass is 19.1. The average Bonchev–Trinajstić information content (AvgIpc) is 3.79. The third kappa shape index (κ3) is 5.84. The van der Waals surface area contributed by atoms with Crippen LogP contribution in [-0.4, -0.2) is 24.1 Å². The molecule has 2 aliphatic carbocycles. The molecule has 36 heavy (non-hydrogen) atoms. The molecule has 2 fully saturated rings. The van der Waals surface area contributed by atoms with Gasteiger partial charge in [0.15, 0.2) is 23.0 Å². The third-order valence-electron chi connectivity index (χ3n) is 6.27. The van der Waals surface area contributed by atoms with Gasteiger partial charge in [0.25, 0.3) is 5.91 Å². The molecule has 190 valence electrons. The molecule has 0 radical (unpaired) electrons. The van der Waals surface area contributed by atoms with Crippen LogP contribution in [0.4, 0.5) is 8.78 Å². The van der Waals surface area contributed by atoms with Crippen LogP contribution in [-0.2, 0) is 6.54 Å². The first-order valence-corrected chi connectivity index (χ1v) is 12.3. The Morgan fingerprint density at radius 3 is 2.42 bits per heavy atom. The second-order valence-corrected chi connectivity index (χ2v) is 9.61. The molecule has 3 aromatic rings. The molecule has 7 nitrogen and oxygen atoms in total. The molecule has 5 rings (SSSR count). The Hall–Kier alpha value is -3.46. The second kappa shape index (κ2) is 10.3. The fraction of sp³-hybridized carbons (Fsp3) is 0.407. The summed E-state index contributed by atoms with van der Waals surface area (Å²) in [6, 6.07) is 8.00. The Morgan fingerprint density at radius 1 is 1.08 bits per heavy atom. The minimum atomic E-state index is -0.744. The van der Waals surface area contributed by atoms with Crippen LogP contribution in [0, 0.1) is 23.5 Å². The molecule has 1 unspecified atom stereocenters. The van der Waals surface area contributed by atoms with Gasteiger partial charge in [-0.25, -0.2) is 13.8 Å². The molecule has 2 aliphatic rings. The molecule has 0 saturated heterocycles. The van der Waals surface area contributed by atoms with E-state index in [-0.39, 0.29) is 29.5 Å². The maximum atomic E-state index is 14.0. The minimum absolute atomic E-state index is 0.0111. The van der Waals surface area contributed by atoms with Crippen LogP contribution in [0.25, 0.3) is 11.5 Å². The van der Waals surface area contributed by atoms with Gasteiger partial charge in [-0.05, 0) is 68.7 Å². The van der Waals surface area contributed by atoms with E-state index in [0.29, 0.717) is 42.1 Å². The minimum Gasteiger partial charge on any atom is -0.489 e. The van der Waals surface area contributed by atoms with E-state index in [9.17, 15) is 13.6 Å². The quantitative estimate of drug-likeness (QED) is 0.380. The van der Waals surface area contributed by atoms with Gasteiger partial charge in [0.1, 0.15) is 11.6 Å². The lowest BCUT2D eigenvalue weighted by atomic mass is 10.2. The number of nitrogens with zero attached hydrogens (tertiary/aromatic N) is 1. The lowest BCUT2D eigenvalue weighted by molar-refractivity contribution is 0.0943. The van der Waals surface area contributed by atoms with Crippen LogP contribution >= 0.6 is 0 Å². The van der Waals surface area contributed by atoms with Crippen LogP contribution in [0.1, 0.15) is 60.5 Å².